The van der Waals surface area contributed by atoms with E-state index in [0.717, 1.165) is 24.7 Å². The maximum Gasteiger partial charge on any atom is 0.253 e. The largest absolute Gasteiger partial charge is 0.349 e. The topological polar surface area (TPSA) is 95.6 Å². The van der Waals surface area contributed by atoms with Crippen molar-refractivity contribution in [2.75, 3.05) is 18.0 Å². The zero-order chi connectivity index (χ0) is 20.3. The van der Waals surface area contributed by atoms with Gasteiger partial charge >= 0.3 is 0 Å². The molecule has 0 aliphatic heterocycles. The molecule has 0 aromatic heterocycles. The molecule has 2 amide bonds. The Morgan fingerprint density at radius 1 is 1.00 bits per heavy atom. The van der Waals surface area contributed by atoms with Gasteiger partial charge in [0, 0.05) is 36.4 Å². The van der Waals surface area contributed by atoms with Gasteiger partial charge in [0.05, 0.1) is 6.26 Å². The predicted molar refractivity (Wildman–Crippen MR) is 108 cm³/mol. The number of amides is 2. The van der Waals surface area contributed by atoms with Gasteiger partial charge in [0.25, 0.3) is 11.8 Å². The highest BCUT2D eigenvalue weighted by Crippen LogP contribution is 2.19. The maximum atomic E-state index is 12.6. The summed E-state index contributed by atoms with van der Waals surface area (Å²) in [5, 5.41) is 2.94. The van der Waals surface area contributed by atoms with Crippen LogP contribution in [0.15, 0.2) is 48.5 Å². The van der Waals surface area contributed by atoms with Crippen LogP contribution in [0.5, 0.6) is 0 Å². The highest BCUT2D eigenvalue weighted by molar-refractivity contribution is 7.92. The van der Waals surface area contributed by atoms with E-state index in [1.165, 1.54) is 0 Å². The quantitative estimate of drug-likeness (QED) is 0.744. The molecule has 0 atom stereocenters. The summed E-state index contributed by atoms with van der Waals surface area (Å²) in [7, 11) is -1.66. The lowest BCUT2D eigenvalue weighted by Crippen LogP contribution is -2.27. The van der Waals surface area contributed by atoms with E-state index < -0.39 is 10.0 Å². The molecule has 3 rings (SSSR count). The molecule has 2 aromatic rings. The van der Waals surface area contributed by atoms with E-state index in [2.05, 4.69) is 10.0 Å². The Hall–Kier alpha value is -2.87. The first-order chi connectivity index (χ1) is 13.2. The van der Waals surface area contributed by atoms with E-state index in [0.29, 0.717) is 29.4 Å². The van der Waals surface area contributed by atoms with Crippen LogP contribution in [-0.2, 0) is 16.6 Å². The minimum absolute atomic E-state index is 0.0683. The van der Waals surface area contributed by atoms with Gasteiger partial charge in [-0.15, -0.1) is 0 Å². The van der Waals surface area contributed by atoms with E-state index in [1.807, 2.05) is 12.1 Å². The third kappa shape index (κ3) is 5.56. The van der Waals surface area contributed by atoms with Crippen LogP contribution in [-0.4, -0.2) is 44.5 Å². The number of carbonyl (C=O) groups is 2. The first-order valence-corrected chi connectivity index (χ1v) is 10.8. The predicted octanol–water partition coefficient (Wildman–Crippen LogP) is 2.22. The molecule has 0 saturated heterocycles. The van der Waals surface area contributed by atoms with E-state index in [-0.39, 0.29) is 11.8 Å². The van der Waals surface area contributed by atoms with Gasteiger partial charge in [0.15, 0.2) is 0 Å². The molecule has 2 aromatic carbocycles. The smallest absolute Gasteiger partial charge is 0.253 e. The molecule has 148 valence electrons. The second-order valence-corrected chi connectivity index (χ2v) is 8.81. The molecule has 7 nitrogen and oxygen atoms in total. The number of anilines is 1. The lowest BCUT2D eigenvalue weighted by Gasteiger charge is -2.18. The number of hydrogen-bond acceptors (Lipinski definition) is 4. The molecule has 1 aliphatic carbocycles. The second-order valence-electron chi connectivity index (χ2n) is 7.06. The van der Waals surface area contributed by atoms with Gasteiger partial charge in [-0.05, 0) is 54.8 Å². The molecule has 0 heterocycles. The van der Waals surface area contributed by atoms with Crippen molar-refractivity contribution in [2.24, 2.45) is 0 Å². The molecule has 1 saturated carbocycles. The molecular weight excluding hydrogens is 378 g/mol. The molecule has 1 fully saturated rings. The van der Waals surface area contributed by atoms with Crippen molar-refractivity contribution >= 4 is 27.5 Å². The van der Waals surface area contributed by atoms with Crippen LogP contribution in [0.2, 0.25) is 0 Å². The summed E-state index contributed by atoms with van der Waals surface area (Å²) in [5.41, 5.74) is 2.39. The van der Waals surface area contributed by atoms with Crippen molar-refractivity contribution in [3.05, 3.63) is 65.2 Å². The summed E-state index contributed by atoms with van der Waals surface area (Å²) in [5.74, 6) is -0.247. The molecule has 0 radical (unpaired) electrons. The van der Waals surface area contributed by atoms with Gasteiger partial charge in [-0.3, -0.25) is 14.3 Å². The normalized spacial score (nSPS) is 13.6. The van der Waals surface area contributed by atoms with Crippen molar-refractivity contribution in [3.63, 3.8) is 0 Å². The SMILES string of the molecule is CN(Cc1ccc(C(=O)NC2CC2)cc1)C(=O)c1ccc(NS(C)(=O)=O)cc1. The van der Waals surface area contributed by atoms with Gasteiger partial charge in [-0.25, -0.2) is 8.42 Å². The molecular formula is C20H23N3O4S. The van der Waals surface area contributed by atoms with Crippen LogP contribution in [0.3, 0.4) is 0 Å². The van der Waals surface area contributed by atoms with Gasteiger partial charge < -0.3 is 10.2 Å². The zero-order valence-electron chi connectivity index (χ0n) is 15.8. The number of hydrogen-bond donors (Lipinski definition) is 2. The standard InChI is InChI=1S/C20H23N3O4S/c1-23(20(25)16-7-9-18(10-8-16)22-28(2,26)27)13-14-3-5-15(6-4-14)19(24)21-17-11-12-17/h3-10,17,22H,11-13H2,1-2H3,(H,21,24). The molecule has 2 N–H and O–H groups in total. The monoisotopic (exact) mass is 401 g/mol. The Kier molecular flexibility index (Phi) is 5.69. The molecule has 0 spiro atoms. The number of rotatable bonds is 7. The fraction of sp³-hybridized carbons (Fsp3) is 0.300. The molecule has 1 aliphatic rings. The fourth-order valence-electron chi connectivity index (χ4n) is 2.72. The minimum Gasteiger partial charge on any atom is -0.349 e. The van der Waals surface area contributed by atoms with Gasteiger partial charge in [0.2, 0.25) is 10.0 Å². The average Bonchev–Trinajstić information content (AvgIpc) is 3.45. The Balaban J connectivity index is 1.59. The third-order valence-corrected chi connectivity index (χ3v) is 4.94. The van der Waals surface area contributed by atoms with E-state index >= 15 is 0 Å². The second kappa shape index (κ2) is 8.02. The highest BCUT2D eigenvalue weighted by Gasteiger charge is 2.23. The van der Waals surface area contributed by atoms with Gasteiger partial charge in [-0.1, -0.05) is 12.1 Å². The van der Waals surface area contributed by atoms with Crippen LogP contribution in [0.25, 0.3) is 0 Å². The summed E-state index contributed by atoms with van der Waals surface area (Å²) in [6, 6.07) is 13.8. The van der Waals surface area contributed by atoms with Crippen LogP contribution in [0.1, 0.15) is 39.1 Å². The van der Waals surface area contributed by atoms with Gasteiger partial charge in [0.1, 0.15) is 0 Å². The van der Waals surface area contributed by atoms with Crippen molar-refractivity contribution in [1.29, 1.82) is 0 Å². The molecule has 8 heteroatoms. The molecule has 0 bridgehead atoms. The molecule has 28 heavy (non-hydrogen) atoms. The molecule has 0 unspecified atom stereocenters. The lowest BCUT2D eigenvalue weighted by atomic mass is 10.1. The number of nitrogens with one attached hydrogen (secondary N) is 2. The van der Waals surface area contributed by atoms with E-state index in [1.54, 1.807) is 48.3 Å². The van der Waals surface area contributed by atoms with Crippen molar-refractivity contribution < 1.29 is 18.0 Å². The first-order valence-electron chi connectivity index (χ1n) is 8.94. The average molecular weight is 401 g/mol. The third-order valence-electron chi connectivity index (χ3n) is 4.33. The van der Waals surface area contributed by atoms with Crippen LogP contribution >= 0.6 is 0 Å². The van der Waals surface area contributed by atoms with Crippen molar-refractivity contribution in [1.82, 2.24) is 10.2 Å². The van der Waals surface area contributed by atoms with Crippen molar-refractivity contribution in [2.45, 2.75) is 25.4 Å². The number of benzene rings is 2. The first kappa shape index (κ1) is 19.9. The fourth-order valence-corrected chi connectivity index (χ4v) is 3.28. The summed E-state index contributed by atoms with van der Waals surface area (Å²) >= 11 is 0. The summed E-state index contributed by atoms with van der Waals surface area (Å²) < 4.78 is 24.8. The Labute approximate surface area is 164 Å². The lowest BCUT2D eigenvalue weighted by molar-refractivity contribution is 0.0784. The Bertz CT molecular complexity index is 966. The highest BCUT2D eigenvalue weighted by atomic mass is 32.2. The van der Waals surface area contributed by atoms with E-state index in [4.69, 9.17) is 0 Å². The number of sulfonamides is 1. The van der Waals surface area contributed by atoms with Crippen LogP contribution in [0.4, 0.5) is 5.69 Å². The van der Waals surface area contributed by atoms with E-state index in [9.17, 15) is 18.0 Å². The van der Waals surface area contributed by atoms with Crippen molar-refractivity contribution in [3.8, 4) is 0 Å². The number of carbonyl (C=O) groups excluding carboxylic acids is 2. The minimum atomic E-state index is -3.35. The summed E-state index contributed by atoms with van der Waals surface area (Å²) in [6.45, 7) is 0.396. The Morgan fingerprint density at radius 3 is 2.11 bits per heavy atom. The summed E-state index contributed by atoms with van der Waals surface area (Å²) in [4.78, 5) is 26.2. The zero-order valence-corrected chi connectivity index (χ0v) is 16.6. The number of nitrogens with zero attached hydrogens (tertiary/aromatic N) is 1. The van der Waals surface area contributed by atoms with Crippen LogP contribution < -0.4 is 10.0 Å². The Morgan fingerprint density at radius 2 is 1.57 bits per heavy atom. The summed E-state index contributed by atoms with van der Waals surface area (Å²) in [6.07, 6.45) is 3.16. The van der Waals surface area contributed by atoms with Gasteiger partial charge in [-0.2, -0.15) is 0 Å². The van der Waals surface area contributed by atoms with Crippen LogP contribution in [0, 0.1) is 0 Å². The maximum absolute atomic E-state index is 12.6.